The minimum Gasteiger partial charge on any atom is -0.493 e. The number of anilines is 2. The van der Waals surface area contributed by atoms with Crippen LogP contribution >= 0.6 is 46.1 Å². The van der Waals surface area contributed by atoms with Gasteiger partial charge in [0.2, 0.25) is 0 Å². The van der Waals surface area contributed by atoms with Crippen LogP contribution in [0.1, 0.15) is 0 Å². The molecule has 1 N–H and O–H groups in total. The Morgan fingerprint density at radius 2 is 1.66 bits per heavy atom. The van der Waals surface area contributed by atoms with Crippen LogP contribution < -0.4 is 14.8 Å². The van der Waals surface area contributed by atoms with Crippen LogP contribution in [-0.4, -0.2) is 24.2 Å². The van der Waals surface area contributed by atoms with Crippen molar-refractivity contribution < 1.29 is 9.47 Å². The lowest BCUT2D eigenvalue weighted by atomic mass is 10.1. The Morgan fingerprint density at radius 3 is 2.41 bits per heavy atom. The highest BCUT2D eigenvalue weighted by Crippen LogP contribution is 2.41. The van der Waals surface area contributed by atoms with E-state index in [0.717, 1.165) is 21.3 Å². The Balaban J connectivity index is 1.84. The first-order valence-electron chi connectivity index (χ1n) is 8.38. The van der Waals surface area contributed by atoms with Crippen LogP contribution in [0.3, 0.4) is 0 Å². The van der Waals surface area contributed by atoms with E-state index in [1.54, 1.807) is 26.4 Å². The van der Waals surface area contributed by atoms with E-state index in [9.17, 15) is 0 Å². The number of nitrogens with one attached hydrogen (secondary N) is 1. The highest BCUT2D eigenvalue weighted by atomic mass is 35.5. The molecule has 0 spiro atoms. The molecular formula is C20H14Cl3N3O2S. The van der Waals surface area contributed by atoms with E-state index in [-0.39, 0.29) is 0 Å². The molecule has 0 saturated carbocycles. The van der Waals surface area contributed by atoms with Crippen molar-refractivity contribution in [2.75, 3.05) is 19.5 Å². The smallest absolute Gasteiger partial charge is 0.161 e. The van der Waals surface area contributed by atoms with Crippen LogP contribution in [-0.2, 0) is 0 Å². The molecule has 5 nitrogen and oxygen atoms in total. The van der Waals surface area contributed by atoms with Crippen molar-refractivity contribution in [2.45, 2.75) is 0 Å². The van der Waals surface area contributed by atoms with E-state index in [0.29, 0.717) is 38.1 Å². The van der Waals surface area contributed by atoms with Gasteiger partial charge in [-0.1, -0.05) is 40.9 Å². The van der Waals surface area contributed by atoms with Crippen molar-refractivity contribution in [1.82, 2.24) is 9.97 Å². The third kappa shape index (κ3) is 3.81. The Bertz CT molecular complexity index is 1210. The molecule has 0 saturated heterocycles. The van der Waals surface area contributed by atoms with Crippen molar-refractivity contribution in [3.05, 3.63) is 57.1 Å². The standard InChI is InChI=1S/C20H14Cl3N3O2S/c1-27-16-4-3-10(5-17(16)28-2)11-8-29-20-18(11)19(24-9-25-20)26-15-7-13(22)12(21)6-14(15)23/h3-9H,1-2H3,(H,24,25,26). The molecule has 9 heteroatoms. The molecule has 0 unspecified atom stereocenters. The molecule has 0 bridgehead atoms. The summed E-state index contributed by atoms with van der Waals surface area (Å²) < 4.78 is 10.8. The Kier molecular flexibility index (Phi) is 5.69. The molecule has 0 amide bonds. The zero-order chi connectivity index (χ0) is 20.5. The topological polar surface area (TPSA) is 56.3 Å². The summed E-state index contributed by atoms with van der Waals surface area (Å²) in [6.07, 6.45) is 1.50. The van der Waals surface area contributed by atoms with Crippen molar-refractivity contribution in [2.24, 2.45) is 0 Å². The monoisotopic (exact) mass is 465 g/mol. The third-order valence-electron chi connectivity index (χ3n) is 4.33. The number of fused-ring (bicyclic) bond motifs is 1. The van der Waals surface area contributed by atoms with Gasteiger partial charge in [-0.25, -0.2) is 9.97 Å². The van der Waals surface area contributed by atoms with E-state index < -0.39 is 0 Å². The van der Waals surface area contributed by atoms with Gasteiger partial charge in [0.05, 0.1) is 40.4 Å². The summed E-state index contributed by atoms with van der Waals surface area (Å²) in [4.78, 5) is 9.65. The van der Waals surface area contributed by atoms with E-state index in [1.165, 1.54) is 17.7 Å². The van der Waals surface area contributed by atoms with Gasteiger partial charge in [-0.2, -0.15) is 0 Å². The Labute approximate surface area is 186 Å². The number of hydrogen-bond donors (Lipinski definition) is 1. The van der Waals surface area contributed by atoms with E-state index in [1.807, 2.05) is 23.6 Å². The number of thiophene rings is 1. The van der Waals surface area contributed by atoms with Crippen molar-refractivity contribution in [3.8, 4) is 22.6 Å². The number of hydrogen-bond acceptors (Lipinski definition) is 6. The average molecular weight is 467 g/mol. The predicted octanol–water partition coefficient (Wildman–Crippen LogP) is 7.08. The normalized spacial score (nSPS) is 10.9. The van der Waals surface area contributed by atoms with Gasteiger partial charge in [0.1, 0.15) is 17.0 Å². The summed E-state index contributed by atoms with van der Waals surface area (Å²) in [5, 5.41) is 7.37. The minimum atomic E-state index is 0.386. The first kappa shape index (κ1) is 20.0. The maximum absolute atomic E-state index is 6.33. The Morgan fingerprint density at radius 1 is 0.897 bits per heavy atom. The zero-order valence-electron chi connectivity index (χ0n) is 15.3. The maximum atomic E-state index is 6.33. The van der Waals surface area contributed by atoms with Gasteiger partial charge in [-0.3, -0.25) is 0 Å². The quantitative estimate of drug-likeness (QED) is 0.318. The van der Waals surface area contributed by atoms with Crippen LogP contribution in [0.4, 0.5) is 11.5 Å². The first-order valence-corrected chi connectivity index (χ1v) is 10.4. The summed E-state index contributed by atoms with van der Waals surface area (Å²) in [7, 11) is 3.21. The van der Waals surface area contributed by atoms with Crippen molar-refractivity contribution in [3.63, 3.8) is 0 Å². The van der Waals surface area contributed by atoms with Crippen molar-refractivity contribution >= 4 is 67.9 Å². The van der Waals surface area contributed by atoms with Crippen LogP contribution in [0, 0.1) is 0 Å². The summed E-state index contributed by atoms with van der Waals surface area (Å²) in [6, 6.07) is 9.01. The van der Waals surface area contributed by atoms with Crippen molar-refractivity contribution in [1.29, 1.82) is 0 Å². The molecule has 0 aliphatic carbocycles. The van der Waals surface area contributed by atoms with Gasteiger partial charge in [-0.15, -0.1) is 11.3 Å². The van der Waals surface area contributed by atoms with Crippen LogP contribution in [0.5, 0.6) is 11.5 Å². The van der Waals surface area contributed by atoms with Gasteiger partial charge in [-0.05, 0) is 29.8 Å². The minimum absolute atomic E-state index is 0.386. The highest BCUT2D eigenvalue weighted by Gasteiger charge is 2.16. The van der Waals surface area contributed by atoms with Gasteiger partial charge in [0, 0.05) is 10.9 Å². The largest absolute Gasteiger partial charge is 0.493 e. The summed E-state index contributed by atoms with van der Waals surface area (Å²) in [5.41, 5.74) is 2.52. The Hall–Kier alpha value is -2.25. The second-order valence-corrected chi connectivity index (χ2v) is 8.07. The molecule has 0 aliphatic rings. The van der Waals surface area contributed by atoms with E-state index in [4.69, 9.17) is 44.3 Å². The molecule has 4 rings (SSSR count). The van der Waals surface area contributed by atoms with Gasteiger partial charge in [0.25, 0.3) is 0 Å². The summed E-state index contributed by atoms with van der Waals surface area (Å²) in [5.74, 6) is 1.91. The molecule has 2 aromatic carbocycles. The third-order valence-corrected chi connectivity index (χ3v) is 6.25. The molecular weight excluding hydrogens is 453 g/mol. The van der Waals surface area contributed by atoms with Gasteiger partial charge < -0.3 is 14.8 Å². The van der Waals surface area contributed by atoms with Gasteiger partial charge >= 0.3 is 0 Å². The lowest BCUT2D eigenvalue weighted by molar-refractivity contribution is 0.355. The summed E-state index contributed by atoms with van der Waals surface area (Å²) in [6.45, 7) is 0. The number of rotatable bonds is 5. The number of halogens is 3. The van der Waals surface area contributed by atoms with Gasteiger partial charge in [0.15, 0.2) is 11.5 Å². The number of ether oxygens (including phenoxy) is 2. The molecule has 2 aromatic heterocycles. The molecule has 29 heavy (non-hydrogen) atoms. The number of benzene rings is 2. The molecule has 0 aliphatic heterocycles. The molecule has 0 atom stereocenters. The van der Waals surface area contributed by atoms with Crippen LogP contribution in [0.2, 0.25) is 15.1 Å². The SMILES string of the molecule is COc1ccc(-c2csc3ncnc(Nc4cc(Cl)c(Cl)cc4Cl)c23)cc1OC. The molecule has 148 valence electrons. The zero-order valence-corrected chi connectivity index (χ0v) is 18.4. The van der Waals surface area contributed by atoms with E-state index >= 15 is 0 Å². The summed E-state index contributed by atoms with van der Waals surface area (Å²) >= 11 is 20.0. The first-order chi connectivity index (χ1) is 14.0. The van der Waals surface area contributed by atoms with Crippen LogP contribution in [0.15, 0.2) is 42.0 Å². The fourth-order valence-electron chi connectivity index (χ4n) is 2.93. The van der Waals surface area contributed by atoms with E-state index in [2.05, 4.69) is 15.3 Å². The number of aromatic nitrogens is 2. The second-order valence-electron chi connectivity index (χ2n) is 5.99. The molecule has 0 radical (unpaired) electrons. The number of methoxy groups -OCH3 is 2. The highest BCUT2D eigenvalue weighted by molar-refractivity contribution is 7.17. The predicted molar refractivity (Wildman–Crippen MR) is 121 cm³/mol. The van der Waals surface area contributed by atoms with Crippen LogP contribution in [0.25, 0.3) is 21.3 Å². The molecule has 0 fully saturated rings. The maximum Gasteiger partial charge on any atom is 0.161 e. The fourth-order valence-corrected chi connectivity index (χ4v) is 4.44. The second kappa shape index (κ2) is 8.24. The fraction of sp³-hybridized carbons (Fsp3) is 0.100. The molecule has 4 aromatic rings. The lowest BCUT2D eigenvalue weighted by Crippen LogP contribution is -1.97. The lowest BCUT2D eigenvalue weighted by Gasteiger charge is -2.12. The average Bonchev–Trinajstić information content (AvgIpc) is 3.16. The molecule has 2 heterocycles. The number of nitrogens with zero attached hydrogens (tertiary/aromatic N) is 2.